The largest absolute Gasteiger partial charge is 0.530 e. The number of nitrogens with one attached hydrogen (secondary N) is 3. The van der Waals surface area contributed by atoms with E-state index in [2.05, 4.69) is 17.7 Å². The molecule has 2 rings (SSSR count). The molecule has 8 heteroatoms. The van der Waals surface area contributed by atoms with E-state index in [0.29, 0.717) is 13.1 Å². The van der Waals surface area contributed by atoms with E-state index in [0.717, 1.165) is 11.1 Å². The summed E-state index contributed by atoms with van der Waals surface area (Å²) in [6.45, 7) is 1.33. The Morgan fingerprint density at radius 2 is 1.25 bits per heavy atom. The Labute approximate surface area is 166 Å². The molecule has 28 heavy (non-hydrogen) atoms. The minimum absolute atomic E-state index is 0.000323. The van der Waals surface area contributed by atoms with Crippen LogP contribution in [0.4, 0.5) is 9.59 Å². The average Bonchev–Trinajstić information content (AvgIpc) is 2.72. The lowest BCUT2D eigenvalue weighted by Crippen LogP contribution is -3.13. The first-order valence-electron chi connectivity index (χ1n) is 8.73. The van der Waals surface area contributed by atoms with Crippen molar-refractivity contribution in [3.05, 3.63) is 71.8 Å². The van der Waals surface area contributed by atoms with Crippen molar-refractivity contribution >= 4 is 20.2 Å². The van der Waals surface area contributed by atoms with E-state index in [1.165, 1.54) is 4.81 Å². The molecule has 0 saturated carbocycles. The number of alkyl carbamates (subject to hydrolysis) is 2. The molecule has 1 unspecified atom stereocenters. The zero-order chi connectivity index (χ0) is 20.2. The lowest BCUT2D eigenvalue weighted by atomic mass is 10.2. The number of rotatable bonds is 9. The number of hydrogen-bond acceptors (Lipinski definition) is 4. The summed E-state index contributed by atoms with van der Waals surface area (Å²) in [5, 5.41) is 5.56. The van der Waals surface area contributed by atoms with Gasteiger partial charge in [0.25, 0.3) is 0 Å². The maximum Gasteiger partial charge on any atom is 0.407 e. The second kappa shape index (κ2) is 11.7. The van der Waals surface area contributed by atoms with Gasteiger partial charge in [-0.2, -0.15) is 0 Å². The average molecular weight is 385 g/mol. The summed E-state index contributed by atoms with van der Waals surface area (Å²) in [7, 11) is 2.07. The van der Waals surface area contributed by atoms with Crippen LogP contribution in [0.25, 0.3) is 0 Å². The number of benzene rings is 2. The highest BCUT2D eigenvalue weighted by atomic mass is 16.6. The van der Waals surface area contributed by atoms with E-state index in [1.54, 1.807) is 0 Å². The van der Waals surface area contributed by atoms with Crippen LogP contribution in [0.15, 0.2) is 60.7 Å². The smallest absolute Gasteiger partial charge is 0.407 e. The summed E-state index contributed by atoms with van der Waals surface area (Å²) in [5.41, 5.74) is 1.88. The molecule has 150 valence electrons. The monoisotopic (exact) mass is 385 g/mol. The van der Waals surface area contributed by atoms with Crippen LogP contribution in [-0.4, -0.2) is 46.3 Å². The molecule has 0 aliphatic heterocycles. The van der Waals surface area contributed by atoms with E-state index in [-0.39, 0.29) is 27.2 Å². The van der Waals surface area contributed by atoms with Crippen molar-refractivity contribution in [2.45, 2.75) is 19.3 Å². The molecule has 2 aromatic rings. The zero-order valence-electron chi connectivity index (χ0n) is 15.3. The third-order valence-corrected chi connectivity index (χ3v) is 3.82. The van der Waals surface area contributed by atoms with Crippen molar-refractivity contribution in [1.82, 2.24) is 10.6 Å². The van der Waals surface area contributed by atoms with Crippen LogP contribution in [0.5, 0.6) is 0 Å². The van der Waals surface area contributed by atoms with E-state index in [1.807, 2.05) is 60.7 Å². The standard InChI is InChI=1S/C20H28BN3O4/c1-24(21)18(12-22-19(25)27-14-16-8-4-2-5-9-16)13-23-20(26)28-15-17-10-6-3-7-11-17/h2-11,18,24H,12-15H2,1,21H3,(H,22,25)(H,23,26). The van der Waals surface area contributed by atoms with Crippen molar-refractivity contribution in [2.24, 2.45) is 0 Å². The van der Waals surface area contributed by atoms with Gasteiger partial charge in [0.1, 0.15) is 13.2 Å². The van der Waals surface area contributed by atoms with Crippen LogP contribution in [0.3, 0.4) is 0 Å². The summed E-state index contributed by atoms with van der Waals surface area (Å²) < 4.78 is 10.4. The Balaban J connectivity index is 1.67. The molecule has 3 N–H and O–H groups in total. The first-order valence-corrected chi connectivity index (χ1v) is 8.73. The number of carbonyl (C=O) groups is 2. The second-order valence-corrected chi connectivity index (χ2v) is 5.87. The van der Waals surface area contributed by atoms with Crippen LogP contribution in [0.1, 0.15) is 11.1 Å². The number of carbonyl (C=O) groups excluding carboxylic acids is 2. The maximum absolute atomic E-state index is 11.9. The molecule has 0 heterocycles. The third-order valence-electron chi connectivity index (χ3n) is 3.82. The van der Waals surface area contributed by atoms with Gasteiger partial charge in [0.15, 0.2) is 7.98 Å². The van der Waals surface area contributed by atoms with Crippen LogP contribution >= 0.6 is 0 Å². The van der Waals surface area contributed by atoms with E-state index in [4.69, 9.17) is 9.47 Å². The van der Waals surface area contributed by atoms with Crippen LogP contribution in [0, 0.1) is 0 Å². The van der Waals surface area contributed by atoms with Gasteiger partial charge in [0, 0.05) is 7.05 Å². The third kappa shape index (κ3) is 8.13. The Bertz CT molecular complexity index is 669. The Morgan fingerprint density at radius 1 is 0.857 bits per heavy atom. The number of ether oxygens (including phenoxy) is 2. The van der Waals surface area contributed by atoms with Crippen molar-refractivity contribution in [3.8, 4) is 0 Å². The molecule has 2 amide bonds. The fourth-order valence-corrected chi connectivity index (χ4v) is 2.24. The van der Waals surface area contributed by atoms with Gasteiger partial charge in [0.2, 0.25) is 0 Å². The molecule has 2 aromatic carbocycles. The molecule has 0 aliphatic carbocycles. The summed E-state index contributed by atoms with van der Waals surface area (Å²) in [4.78, 5) is 25.2. The SMILES string of the molecule is [BH3-][NH+](C)C(CNC(=O)OCc1ccccc1)CNC(=O)OCc1ccccc1. The highest BCUT2D eigenvalue weighted by molar-refractivity contribution is 5.95. The summed E-state index contributed by atoms with van der Waals surface area (Å²) in [6.07, 6.45) is -0.913. The van der Waals surface area contributed by atoms with Gasteiger partial charge < -0.3 is 24.9 Å². The Hall–Kier alpha value is -3.00. The van der Waals surface area contributed by atoms with Crippen molar-refractivity contribution in [2.75, 3.05) is 20.1 Å². The van der Waals surface area contributed by atoms with Gasteiger partial charge in [-0.15, -0.1) is 0 Å². The minimum atomic E-state index is -0.457. The zero-order valence-corrected chi connectivity index (χ0v) is 15.3. The summed E-state index contributed by atoms with van der Waals surface area (Å²) >= 11 is 0. The maximum atomic E-state index is 11.9. The molecule has 1 atom stereocenters. The molecule has 0 fully saturated rings. The first-order chi connectivity index (χ1) is 13.5. The fourth-order valence-electron chi connectivity index (χ4n) is 2.24. The predicted octanol–water partition coefficient (Wildman–Crippen LogP) is 0.00290. The molecule has 0 aromatic heterocycles. The molecule has 0 saturated heterocycles. The quantitative estimate of drug-likeness (QED) is 0.531. The molecule has 0 spiro atoms. The predicted molar refractivity (Wildman–Crippen MR) is 110 cm³/mol. The Morgan fingerprint density at radius 3 is 1.61 bits per heavy atom. The molecular formula is C20H28BN3O4. The van der Waals surface area contributed by atoms with Gasteiger partial charge >= 0.3 is 12.2 Å². The molecule has 0 radical (unpaired) electrons. The highest BCUT2D eigenvalue weighted by Gasteiger charge is 2.15. The molecule has 0 aliphatic rings. The first kappa shape index (κ1) is 21.3. The lowest BCUT2D eigenvalue weighted by molar-refractivity contribution is -0.782. The van der Waals surface area contributed by atoms with Gasteiger partial charge in [-0.25, -0.2) is 9.59 Å². The van der Waals surface area contributed by atoms with Gasteiger partial charge in [-0.1, -0.05) is 60.7 Å². The Kier molecular flexibility index (Phi) is 8.87. The number of quaternary nitrogens is 1. The van der Waals surface area contributed by atoms with Crippen LogP contribution < -0.4 is 15.4 Å². The van der Waals surface area contributed by atoms with Gasteiger partial charge in [-0.05, 0) is 11.1 Å². The summed E-state index contributed by atoms with van der Waals surface area (Å²) in [6, 6.07) is 19.1. The minimum Gasteiger partial charge on any atom is -0.530 e. The number of hydrogen-bond donors (Lipinski definition) is 3. The summed E-state index contributed by atoms with van der Waals surface area (Å²) in [5.74, 6) is 0. The van der Waals surface area contributed by atoms with Gasteiger partial charge in [0.05, 0.1) is 19.1 Å². The van der Waals surface area contributed by atoms with E-state index in [9.17, 15) is 9.59 Å². The van der Waals surface area contributed by atoms with Gasteiger partial charge in [-0.3, -0.25) is 0 Å². The molecule has 0 bridgehead atoms. The van der Waals surface area contributed by atoms with E-state index < -0.39 is 12.2 Å². The highest BCUT2D eigenvalue weighted by Crippen LogP contribution is 2.01. The van der Waals surface area contributed by atoms with Crippen molar-refractivity contribution in [1.29, 1.82) is 0 Å². The van der Waals surface area contributed by atoms with Crippen LogP contribution in [0.2, 0.25) is 0 Å². The topological polar surface area (TPSA) is 81.1 Å². The van der Waals surface area contributed by atoms with E-state index >= 15 is 0 Å². The number of likely N-dealkylation sites (N-methyl/N-ethyl adjacent to an activating group) is 1. The lowest BCUT2D eigenvalue weighted by Gasteiger charge is -2.27. The van der Waals surface area contributed by atoms with Crippen LogP contribution in [-0.2, 0) is 22.7 Å². The van der Waals surface area contributed by atoms with Crippen molar-refractivity contribution in [3.63, 3.8) is 0 Å². The molecular weight excluding hydrogens is 357 g/mol. The second-order valence-electron chi connectivity index (χ2n) is 5.87. The number of amides is 2. The van der Waals surface area contributed by atoms with Crippen molar-refractivity contribution < 1.29 is 23.9 Å². The molecule has 7 nitrogen and oxygen atoms in total. The fraction of sp³-hybridized carbons (Fsp3) is 0.300. The normalized spacial score (nSPS) is 11.5.